The fraction of sp³-hybridized carbons (Fsp3) is 0.0638. The van der Waals surface area contributed by atoms with Crippen LogP contribution in [0.25, 0.3) is 141 Å². The van der Waals surface area contributed by atoms with Gasteiger partial charge in [-0.3, -0.25) is 18.4 Å². The van der Waals surface area contributed by atoms with Crippen LogP contribution in [0.2, 0.25) is 10.0 Å². The molecule has 0 saturated heterocycles. The number of rotatable bonds is 9. The number of benzene rings is 16. The summed E-state index contributed by atoms with van der Waals surface area (Å²) < 4.78 is 17.0. The molecule has 16 aromatic carbocycles. The fourth-order valence-electron chi connectivity index (χ4n) is 15.2. The largest absolute Gasteiger partial charge is 0.424 e. The van der Waals surface area contributed by atoms with Crippen LogP contribution in [0.3, 0.4) is 0 Å². The number of carbonyl (C=O) groups excluding carboxylic acids is 2. The summed E-state index contributed by atoms with van der Waals surface area (Å²) in [6, 6.07) is 104. The lowest BCUT2D eigenvalue weighted by molar-refractivity contribution is -0.134. The van der Waals surface area contributed by atoms with E-state index in [1.165, 1.54) is 80.8 Å². The van der Waals surface area contributed by atoms with Gasteiger partial charge >= 0.3 is 11.9 Å². The molecule has 0 aliphatic heterocycles. The molecule has 0 radical (unpaired) electrons. The average molecular weight is 1500 g/mol. The monoisotopic (exact) mass is 1490 g/mol. The molecule has 13 heteroatoms. The lowest BCUT2D eigenvalue weighted by atomic mass is 9.94. The zero-order chi connectivity index (χ0) is 71.0. The minimum atomic E-state index is -0.339. The molecule has 107 heavy (non-hydrogen) atoms. The normalized spacial score (nSPS) is 11.4. The lowest BCUT2D eigenvalue weighted by Crippen LogP contribution is -2.14. The van der Waals surface area contributed by atoms with Gasteiger partial charge in [0.2, 0.25) is 0 Å². The molecule has 4 heterocycles. The Balaban J connectivity index is 0.000000136. The number of nitrogens with zero attached hydrogens (tertiary/aromatic N) is 5. The maximum Gasteiger partial charge on any atom is 0.310 e. The molecule has 520 valence electrons. The van der Waals surface area contributed by atoms with Gasteiger partial charge in [-0.2, -0.15) is 0 Å². The van der Waals surface area contributed by atoms with Gasteiger partial charge in [0.05, 0.1) is 44.5 Å². The Hall–Kier alpha value is -12.4. The third-order valence-electron chi connectivity index (χ3n) is 19.9. The van der Waals surface area contributed by atoms with E-state index in [1.807, 2.05) is 30.3 Å². The summed E-state index contributed by atoms with van der Waals surface area (Å²) in [5.74, 6) is 0.121. The van der Waals surface area contributed by atoms with Gasteiger partial charge in [-0.05, 0) is 172 Å². The Morgan fingerprint density at radius 2 is 0.729 bits per heavy atom. The van der Waals surface area contributed by atoms with Crippen molar-refractivity contribution in [2.45, 2.75) is 41.5 Å². The highest BCUT2D eigenvalue weighted by atomic mass is 79.9. The van der Waals surface area contributed by atoms with Crippen molar-refractivity contribution in [3.8, 4) is 11.5 Å². The Bertz CT molecular complexity index is 6920. The van der Waals surface area contributed by atoms with Crippen LogP contribution in [-0.2, 0) is 9.59 Å². The second-order valence-corrected chi connectivity index (χ2v) is 27.8. The third kappa shape index (κ3) is 12.2. The average Bonchev–Trinajstić information content (AvgIpc) is 1.68. The number of halogens is 3. The lowest BCUT2D eigenvalue weighted by Gasteiger charge is -2.28. The molecule has 0 amide bonds. The van der Waals surface area contributed by atoms with E-state index >= 15 is 0 Å². The highest BCUT2D eigenvalue weighted by Crippen LogP contribution is 2.47. The van der Waals surface area contributed by atoms with Gasteiger partial charge in [0.15, 0.2) is 11.5 Å². The molecule has 0 atom stereocenters. The van der Waals surface area contributed by atoms with Crippen molar-refractivity contribution in [1.82, 2.24) is 18.8 Å². The van der Waals surface area contributed by atoms with Gasteiger partial charge in [-0.1, -0.05) is 262 Å². The number of fused-ring (bicyclic) bond motifs is 28. The summed E-state index contributed by atoms with van der Waals surface area (Å²) in [7, 11) is 0. The third-order valence-corrected chi connectivity index (χ3v) is 20.8. The quantitative estimate of drug-likeness (QED) is 0.0866. The van der Waals surface area contributed by atoms with E-state index in [2.05, 4.69) is 284 Å². The van der Waals surface area contributed by atoms with Gasteiger partial charge in [-0.25, -0.2) is 9.97 Å². The molecule has 0 bridgehead atoms. The molecule has 0 fully saturated rings. The minimum absolute atomic E-state index is 0. The number of nitrogens with one attached hydrogen (secondary N) is 1. The van der Waals surface area contributed by atoms with Gasteiger partial charge in [-0.15, -0.1) is 0 Å². The van der Waals surface area contributed by atoms with Crippen LogP contribution in [0.4, 0.5) is 28.4 Å². The first-order chi connectivity index (χ1) is 51.5. The summed E-state index contributed by atoms with van der Waals surface area (Å²) in [5.41, 5.74) is 11.7. The summed E-state index contributed by atoms with van der Waals surface area (Å²) >= 11 is 16.3. The summed E-state index contributed by atoms with van der Waals surface area (Å²) in [4.78, 5) is 37.1. The van der Waals surface area contributed by atoms with Crippen LogP contribution >= 0.6 is 39.1 Å². The Kier molecular flexibility index (Phi) is 18.4. The van der Waals surface area contributed by atoms with Gasteiger partial charge < -0.3 is 19.7 Å². The maximum atomic E-state index is 12.8. The van der Waals surface area contributed by atoms with Crippen molar-refractivity contribution >= 4 is 221 Å². The van der Waals surface area contributed by atoms with Crippen LogP contribution in [0.1, 0.15) is 41.5 Å². The molecule has 0 aliphatic rings. The molecule has 20 rings (SSSR count). The predicted octanol–water partition coefficient (Wildman–Crippen LogP) is 27.4. The zero-order valence-corrected chi connectivity index (χ0v) is 59.9. The van der Waals surface area contributed by atoms with Gasteiger partial charge in [0.1, 0.15) is 11.3 Å². The first-order valence-corrected chi connectivity index (χ1v) is 36.4. The topological polar surface area (TPSA) is 102 Å². The Morgan fingerprint density at radius 3 is 1.22 bits per heavy atom. The van der Waals surface area contributed by atoms with E-state index in [4.69, 9.17) is 42.6 Å². The smallest absolute Gasteiger partial charge is 0.310 e. The summed E-state index contributed by atoms with van der Waals surface area (Å²) in [6.07, 6.45) is 0.511. The number of ether oxygens (including phenoxy) is 2. The highest BCUT2D eigenvalue weighted by Gasteiger charge is 2.24. The van der Waals surface area contributed by atoms with E-state index in [9.17, 15) is 9.59 Å². The number of carbonyl (C=O) groups is 2. The van der Waals surface area contributed by atoms with Crippen molar-refractivity contribution in [2.75, 3.05) is 10.2 Å². The zero-order valence-electron chi connectivity index (χ0n) is 56.8. The number of aromatic nitrogens is 4. The second kappa shape index (κ2) is 28.6. The van der Waals surface area contributed by atoms with E-state index in [1.54, 1.807) is 38.1 Å². The Labute approximate surface area is 635 Å². The number of pyridine rings is 2. The Morgan fingerprint density at radius 1 is 0.364 bits per heavy atom. The molecule has 1 N–H and O–H groups in total. The number of anilines is 5. The van der Waals surface area contributed by atoms with Crippen molar-refractivity contribution in [3.63, 3.8) is 0 Å². The van der Waals surface area contributed by atoms with Gasteiger partial charge in [0.25, 0.3) is 0 Å². The highest BCUT2D eigenvalue weighted by molar-refractivity contribution is 9.10. The minimum Gasteiger partial charge on any atom is -0.424 e. The molecule has 4 aromatic heterocycles. The first-order valence-electron chi connectivity index (χ1n) is 34.9. The van der Waals surface area contributed by atoms with Crippen molar-refractivity contribution in [3.05, 3.63) is 318 Å². The molecule has 0 aliphatic carbocycles. The number of hydrogen-bond acceptors (Lipinski definition) is 8. The number of hydrogen-bond donors (Lipinski definition) is 1. The standard InChI is InChI=1S/C46H30ClN3O2.C28H20ClN3O2.C18H11Br.2CH4/c1-2-45(51)52-44-25-28(47)19-23-43(44)49(29-20-22-36-33-13-4-3-11-31(33)32-12-5-6-14-34(32)39(36)26-29)30-21-24-42-40(27-30)48-46-38-17-8-7-15-35(38)37-16-9-10-18-41(37)50(42)46;1-2-27(33)34-26-15-17(29)11-13-22(26)30-18-12-14-25-23(16-18)31-28-21-9-4-3-7-19(21)20-8-5-6-10-24(20)32(25)28;19-12-9-10-17-15-7-2-1-5-13(15)14-6-3-4-8-16(14)18(17)11-12;;/h3-27H,2H2,1H3;3-16,30H,2H2,1H3;1-11H;2*1H4. The van der Waals surface area contributed by atoms with E-state index < -0.39 is 0 Å². The number of para-hydroxylation sites is 2. The SMILES string of the molecule is Brc1ccc2c3ccccc3c3ccccc3c2c1.C.C.CCC(=O)Oc1cc(Cl)ccc1N(c1ccc2c(c1)nc1c3ccccc3c3ccccc3n21)c1ccc2c3ccccc3c3ccccc3c2c1.CCC(=O)Oc1cc(Cl)ccc1Nc1ccc2c(c1)nc1c3ccccc3c3ccccc3n21. The predicted molar refractivity (Wildman–Crippen MR) is 454 cm³/mol. The molecule has 10 nitrogen and oxygen atoms in total. The van der Waals surface area contributed by atoms with Gasteiger partial charge in [0, 0.05) is 78.1 Å². The number of esters is 2. The molecule has 0 unspecified atom stereocenters. The van der Waals surface area contributed by atoms with Crippen LogP contribution in [0.15, 0.2) is 308 Å². The van der Waals surface area contributed by atoms with E-state index in [0.29, 0.717) is 32.9 Å². The van der Waals surface area contributed by atoms with Crippen molar-refractivity contribution < 1.29 is 19.1 Å². The molecular formula is C94H69BrCl2N6O4. The van der Waals surface area contributed by atoms with Crippen molar-refractivity contribution in [1.29, 1.82) is 0 Å². The van der Waals surface area contributed by atoms with Crippen LogP contribution in [-0.4, -0.2) is 30.7 Å². The van der Waals surface area contributed by atoms with Crippen LogP contribution < -0.4 is 19.7 Å². The maximum absolute atomic E-state index is 12.8. The summed E-state index contributed by atoms with van der Waals surface area (Å²) in [6.45, 7) is 3.54. The first kappa shape index (κ1) is 69.0. The molecule has 20 aromatic rings. The van der Waals surface area contributed by atoms with Crippen LogP contribution in [0, 0.1) is 0 Å². The second-order valence-electron chi connectivity index (χ2n) is 26.0. The van der Waals surface area contributed by atoms with Crippen LogP contribution in [0.5, 0.6) is 11.5 Å². The molecular weight excluding hydrogens is 1430 g/mol. The fourth-order valence-corrected chi connectivity index (χ4v) is 15.8. The van der Waals surface area contributed by atoms with Crippen molar-refractivity contribution in [2.24, 2.45) is 0 Å². The summed E-state index contributed by atoms with van der Waals surface area (Å²) in [5, 5.41) is 26.3. The van der Waals surface area contributed by atoms with E-state index in [0.717, 1.165) is 82.1 Å². The number of imidazole rings is 2. The molecule has 0 saturated carbocycles. The van der Waals surface area contributed by atoms with E-state index in [-0.39, 0.29) is 39.6 Å². The molecule has 0 spiro atoms.